The number of methoxy groups -OCH3 is 1. The minimum absolute atomic E-state index is 0.0513. The highest BCUT2D eigenvalue weighted by Gasteiger charge is 2.23. The number of aryl methyl sites for hydroxylation is 2. The molecule has 1 rings (SSSR count). The van der Waals surface area contributed by atoms with Crippen LogP contribution in [0.5, 0.6) is 0 Å². The average Bonchev–Trinajstić information content (AvgIpc) is 2.44. The zero-order chi connectivity index (χ0) is 16.0. The predicted octanol–water partition coefficient (Wildman–Crippen LogP) is 0.230. The lowest BCUT2D eigenvalue weighted by atomic mass is 10.1. The number of rotatable bonds is 6. The summed E-state index contributed by atoms with van der Waals surface area (Å²) in [4.78, 5) is 34.3. The van der Waals surface area contributed by atoms with Crippen LogP contribution in [0.4, 0.5) is 0 Å². The number of nitrogens with one attached hydrogen (secondary N) is 1. The van der Waals surface area contributed by atoms with Gasteiger partial charge in [0.05, 0.1) is 24.1 Å². The van der Waals surface area contributed by atoms with Crippen LogP contribution in [0.25, 0.3) is 0 Å². The number of carboxylic acids is 1. The quantitative estimate of drug-likeness (QED) is 0.721. The van der Waals surface area contributed by atoms with Crippen LogP contribution in [-0.2, 0) is 14.3 Å². The zero-order valence-corrected chi connectivity index (χ0v) is 12.0. The lowest BCUT2D eigenvalue weighted by Gasteiger charge is -2.14. The minimum atomic E-state index is -1.22. The van der Waals surface area contributed by atoms with Gasteiger partial charge in [-0.1, -0.05) is 0 Å². The fourth-order valence-electron chi connectivity index (χ4n) is 1.64. The van der Waals surface area contributed by atoms with Gasteiger partial charge in [-0.05, 0) is 26.3 Å². The molecule has 114 valence electrons. The first-order valence-electron chi connectivity index (χ1n) is 6.26. The maximum atomic E-state index is 12.1. The highest BCUT2D eigenvalue weighted by Crippen LogP contribution is 2.07. The number of aromatic nitrogens is 2. The van der Waals surface area contributed by atoms with Gasteiger partial charge in [0.15, 0.2) is 0 Å². The topological polar surface area (TPSA) is 118 Å². The van der Waals surface area contributed by atoms with Crippen molar-refractivity contribution < 1.29 is 24.2 Å². The van der Waals surface area contributed by atoms with Crippen molar-refractivity contribution in [2.24, 2.45) is 0 Å². The molecule has 21 heavy (non-hydrogen) atoms. The number of nitrogens with zero attached hydrogens (tertiary/aromatic N) is 2. The largest absolute Gasteiger partial charge is 0.480 e. The molecule has 2 N–H and O–H groups in total. The third kappa shape index (κ3) is 4.83. The molecule has 1 unspecified atom stereocenters. The molecule has 1 atom stereocenters. The molecule has 0 spiro atoms. The van der Waals surface area contributed by atoms with Crippen LogP contribution in [0.3, 0.4) is 0 Å². The fraction of sp³-hybridized carbons (Fsp3) is 0.462. The van der Waals surface area contributed by atoms with Crippen molar-refractivity contribution in [2.75, 3.05) is 7.11 Å². The lowest BCUT2D eigenvalue weighted by Crippen LogP contribution is -2.41. The summed E-state index contributed by atoms with van der Waals surface area (Å²) in [5.74, 6) is -2.32. The third-order valence-corrected chi connectivity index (χ3v) is 2.81. The first-order valence-corrected chi connectivity index (χ1v) is 6.26. The van der Waals surface area contributed by atoms with E-state index >= 15 is 0 Å². The van der Waals surface area contributed by atoms with Crippen LogP contribution in [0.1, 0.15) is 34.6 Å². The van der Waals surface area contributed by atoms with Gasteiger partial charge in [0.2, 0.25) is 0 Å². The van der Waals surface area contributed by atoms with Crippen LogP contribution in [-0.4, -0.2) is 46.3 Å². The summed E-state index contributed by atoms with van der Waals surface area (Å²) in [6.07, 6.45) is -0.148. The molecule has 0 saturated carbocycles. The molecule has 0 radical (unpaired) electrons. The van der Waals surface area contributed by atoms with E-state index in [9.17, 15) is 14.4 Å². The Morgan fingerprint density at radius 1 is 1.33 bits per heavy atom. The summed E-state index contributed by atoms with van der Waals surface area (Å²) < 4.78 is 4.44. The summed E-state index contributed by atoms with van der Waals surface area (Å²) in [5, 5.41) is 19.1. The van der Waals surface area contributed by atoms with Gasteiger partial charge >= 0.3 is 11.9 Å². The Morgan fingerprint density at radius 2 is 2.00 bits per heavy atom. The summed E-state index contributed by atoms with van der Waals surface area (Å²) in [6.45, 7) is 3.28. The first-order chi connectivity index (χ1) is 9.85. The lowest BCUT2D eigenvalue weighted by molar-refractivity contribution is -0.142. The van der Waals surface area contributed by atoms with Crippen molar-refractivity contribution in [1.29, 1.82) is 0 Å². The SMILES string of the molecule is COC(=O)CCC(NC(=O)c1cc(C)nnc1C)C(=O)O. The number of hydrogen-bond donors (Lipinski definition) is 2. The van der Waals surface area contributed by atoms with E-state index in [0.29, 0.717) is 11.4 Å². The fourth-order valence-corrected chi connectivity index (χ4v) is 1.64. The Morgan fingerprint density at radius 3 is 2.57 bits per heavy atom. The smallest absolute Gasteiger partial charge is 0.326 e. The number of carboxylic acid groups (broad SMARTS) is 1. The highest BCUT2D eigenvalue weighted by molar-refractivity contribution is 5.97. The maximum absolute atomic E-state index is 12.1. The minimum Gasteiger partial charge on any atom is -0.480 e. The van der Waals surface area contributed by atoms with E-state index in [-0.39, 0.29) is 18.4 Å². The van der Waals surface area contributed by atoms with Crippen LogP contribution in [0.15, 0.2) is 6.07 Å². The molecule has 0 fully saturated rings. The number of hydrogen-bond acceptors (Lipinski definition) is 6. The molecular weight excluding hydrogens is 278 g/mol. The molecular formula is C13H17N3O5. The van der Waals surface area contributed by atoms with Crippen molar-refractivity contribution in [3.63, 3.8) is 0 Å². The molecule has 1 amide bonds. The summed E-state index contributed by atoms with van der Waals surface area (Å²) in [6, 6.07) is 0.348. The van der Waals surface area contributed by atoms with Crippen molar-refractivity contribution in [2.45, 2.75) is 32.7 Å². The Hall–Kier alpha value is -2.51. The second-order valence-corrected chi connectivity index (χ2v) is 4.46. The van der Waals surface area contributed by atoms with Crippen LogP contribution >= 0.6 is 0 Å². The zero-order valence-electron chi connectivity index (χ0n) is 12.0. The van der Waals surface area contributed by atoms with Crippen molar-refractivity contribution in [1.82, 2.24) is 15.5 Å². The molecule has 0 aliphatic heterocycles. The number of carbonyl (C=O) groups excluding carboxylic acids is 2. The molecule has 0 bridgehead atoms. The Kier molecular flexibility index (Phi) is 5.77. The molecule has 0 aliphatic carbocycles. The molecule has 8 nitrogen and oxygen atoms in total. The molecule has 0 aliphatic rings. The molecule has 1 heterocycles. The molecule has 8 heteroatoms. The number of ether oxygens (including phenoxy) is 1. The van der Waals surface area contributed by atoms with E-state index in [1.165, 1.54) is 13.2 Å². The van der Waals surface area contributed by atoms with E-state index in [1.54, 1.807) is 13.8 Å². The number of esters is 1. The first kappa shape index (κ1) is 16.5. The van der Waals surface area contributed by atoms with E-state index in [2.05, 4.69) is 20.3 Å². The van der Waals surface area contributed by atoms with E-state index in [1.807, 2.05) is 0 Å². The summed E-state index contributed by atoms with van der Waals surface area (Å²) in [7, 11) is 1.21. The van der Waals surface area contributed by atoms with Crippen molar-refractivity contribution >= 4 is 17.8 Å². The van der Waals surface area contributed by atoms with Crippen molar-refractivity contribution in [3.05, 3.63) is 23.0 Å². The number of carbonyl (C=O) groups is 3. The van der Waals surface area contributed by atoms with Gasteiger partial charge < -0.3 is 15.2 Å². The van der Waals surface area contributed by atoms with Gasteiger partial charge in [-0.15, -0.1) is 0 Å². The van der Waals surface area contributed by atoms with E-state index in [0.717, 1.165) is 0 Å². The van der Waals surface area contributed by atoms with Gasteiger partial charge in [0, 0.05) is 6.42 Å². The molecule has 1 aromatic heterocycles. The van der Waals surface area contributed by atoms with E-state index in [4.69, 9.17) is 5.11 Å². The van der Waals surface area contributed by atoms with Crippen molar-refractivity contribution in [3.8, 4) is 0 Å². The van der Waals surface area contributed by atoms with Gasteiger partial charge in [-0.25, -0.2) is 4.79 Å². The van der Waals surface area contributed by atoms with Crippen LogP contribution in [0, 0.1) is 13.8 Å². The Bertz CT molecular complexity index is 559. The Labute approximate surface area is 121 Å². The monoisotopic (exact) mass is 295 g/mol. The van der Waals surface area contributed by atoms with Gasteiger partial charge in [-0.3, -0.25) is 9.59 Å². The standard InChI is InChI=1S/C13H17N3O5/c1-7-6-9(8(2)16-15-7)12(18)14-10(13(19)20)4-5-11(17)21-3/h6,10H,4-5H2,1-3H3,(H,14,18)(H,19,20). The van der Waals surface area contributed by atoms with Crippen LogP contribution in [0.2, 0.25) is 0 Å². The maximum Gasteiger partial charge on any atom is 0.326 e. The van der Waals surface area contributed by atoms with Gasteiger partial charge in [0.25, 0.3) is 5.91 Å². The summed E-state index contributed by atoms with van der Waals surface area (Å²) in [5.41, 5.74) is 1.20. The van der Waals surface area contributed by atoms with Crippen LogP contribution < -0.4 is 5.32 Å². The Balaban J connectivity index is 2.79. The highest BCUT2D eigenvalue weighted by atomic mass is 16.5. The second-order valence-electron chi connectivity index (χ2n) is 4.46. The van der Waals surface area contributed by atoms with Gasteiger partial charge in [-0.2, -0.15) is 10.2 Å². The van der Waals surface area contributed by atoms with Gasteiger partial charge in [0.1, 0.15) is 6.04 Å². The molecule has 0 aromatic carbocycles. The molecule has 1 aromatic rings. The molecule has 0 saturated heterocycles. The average molecular weight is 295 g/mol. The third-order valence-electron chi connectivity index (χ3n) is 2.81. The second kappa shape index (κ2) is 7.32. The summed E-state index contributed by atoms with van der Waals surface area (Å²) >= 11 is 0. The number of aliphatic carboxylic acids is 1. The number of amides is 1. The predicted molar refractivity (Wildman–Crippen MR) is 71.6 cm³/mol. The normalized spacial score (nSPS) is 11.6. The van der Waals surface area contributed by atoms with E-state index < -0.39 is 23.9 Å².